The van der Waals surface area contributed by atoms with E-state index in [2.05, 4.69) is 73.9 Å². The molecule has 0 unspecified atom stereocenters. The maximum absolute atomic E-state index is 12.8. The summed E-state index contributed by atoms with van der Waals surface area (Å²) in [5.41, 5.74) is 5.83. The van der Waals surface area contributed by atoms with Gasteiger partial charge in [-0.1, -0.05) is 18.2 Å². The average Bonchev–Trinajstić information content (AvgIpc) is 2.79. The van der Waals surface area contributed by atoms with Gasteiger partial charge in [0, 0.05) is 72.0 Å². The second-order valence-corrected chi connectivity index (χ2v) is 7.68. The highest BCUT2D eigenvalue weighted by molar-refractivity contribution is 6.15. The van der Waals surface area contributed by atoms with E-state index in [0.29, 0.717) is 5.57 Å². The van der Waals surface area contributed by atoms with Gasteiger partial charge >= 0.3 is 0 Å². The van der Waals surface area contributed by atoms with Crippen molar-refractivity contribution < 1.29 is 9.53 Å². The molecule has 160 valence electrons. The highest BCUT2D eigenvalue weighted by Crippen LogP contribution is 2.48. The highest BCUT2D eigenvalue weighted by atomic mass is 16.5. The Morgan fingerprint density at radius 1 is 0.710 bits per heavy atom. The van der Waals surface area contributed by atoms with E-state index in [0.717, 1.165) is 65.8 Å². The third-order valence-corrected chi connectivity index (χ3v) is 6.10. The fraction of sp³-hybridized carbons (Fsp3) is 0.296. The van der Waals surface area contributed by atoms with Crippen molar-refractivity contribution in [3.8, 4) is 11.5 Å². The standard InChI is InChI=1S/C27H30N2O2/c1-5-28(6-2)19-13-15-22-25(17-19)31-26-18-20(29(7-3)8-4)14-16-23(26)27(22)21-11-9-10-12-24(21)30/h9-18H,5-8H2,1-4H3. The molecular formula is C27H30N2O2. The van der Waals surface area contributed by atoms with E-state index < -0.39 is 0 Å². The summed E-state index contributed by atoms with van der Waals surface area (Å²) in [7, 11) is 0. The molecule has 1 aliphatic carbocycles. The minimum absolute atomic E-state index is 0.0249. The minimum atomic E-state index is 0.0249. The number of carbonyl (C=O) groups is 1. The molecule has 2 aromatic carbocycles. The highest BCUT2D eigenvalue weighted by Gasteiger charge is 2.27. The first-order valence-electron chi connectivity index (χ1n) is 11.2. The average molecular weight is 415 g/mol. The quantitative estimate of drug-likeness (QED) is 0.465. The van der Waals surface area contributed by atoms with Crippen LogP contribution < -0.4 is 14.5 Å². The zero-order valence-electron chi connectivity index (χ0n) is 18.8. The molecular weight excluding hydrogens is 384 g/mol. The predicted molar refractivity (Wildman–Crippen MR) is 129 cm³/mol. The van der Waals surface area contributed by atoms with Crippen LogP contribution in [0.3, 0.4) is 0 Å². The lowest BCUT2D eigenvalue weighted by Gasteiger charge is -2.29. The van der Waals surface area contributed by atoms with Gasteiger partial charge in [0.1, 0.15) is 11.5 Å². The van der Waals surface area contributed by atoms with Crippen molar-refractivity contribution in [1.29, 1.82) is 0 Å². The molecule has 4 nitrogen and oxygen atoms in total. The van der Waals surface area contributed by atoms with Gasteiger partial charge in [-0.05, 0) is 58.0 Å². The molecule has 0 N–H and O–H groups in total. The van der Waals surface area contributed by atoms with Gasteiger partial charge in [-0.3, -0.25) is 4.79 Å². The van der Waals surface area contributed by atoms with Gasteiger partial charge in [-0.2, -0.15) is 0 Å². The summed E-state index contributed by atoms with van der Waals surface area (Å²) in [6, 6.07) is 12.6. The van der Waals surface area contributed by atoms with Gasteiger partial charge in [-0.25, -0.2) is 0 Å². The third-order valence-electron chi connectivity index (χ3n) is 6.10. The van der Waals surface area contributed by atoms with Crippen molar-refractivity contribution in [2.24, 2.45) is 0 Å². The fourth-order valence-corrected chi connectivity index (χ4v) is 4.40. The molecule has 4 rings (SSSR count). The SMILES string of the molecule is CCN(CC)c1ccc2c(c1)Oc1cc(N(CC)CC)ccc1C2=C1C=CC=CC1=O. The Morgan fingerprint density at radius 3 is 1.65 bits per heavy atom. The van der Waals surface area contributed by atoms with E-state index in [-0.39, 0.29) is 5.78 Å². The smallest absolute Gasteiger partial charge is 0.186 e. The van der Waals surface area contributed by atoms with Crippen LogP contribution in [0, 0.1) is 0 Å². The molecule has 0 bridgehead atoms. The maximum atomic E-state index is 12.8. The van der Waals surface area contributed by atoms with Crippen LogP contribution in [0.15, 0.2) is 66.3 Å². The summed E-state index contributed by atoms with van der Waals surface area (Å²) in [6.07, 6.45) is 7.26. The minimum Gasteiger partial charge on any atom is -0.456 e. The number of allylic oxidation sites excluding steroid dienone is 5. The summed E-state index contributed by atoms with van der Waals surface area (Å²) in [6.45, 7) is 12.3. The van der Waals surface area contributed by atoms with Gasteiger partial charge in [0.15, 0.2) is 5.78 Å². The molecule has 1 aliphatic heterocycles. The van der Waals surface area contributed by atoms with Crippen molar-refractivity contribution in [3.05, 3.63) is 77.4 Å². The third kappa shape index (κ3) is 3.78. The molecule has 2 aromatic rings. The van der Waals surface area contributed by atoms with Crippen LogP contribution in [-0.2, 0) is 4.79 Å². The number of carbonyl (C=O) groups excluding carboxylic acids is 1. The molecule has 0 saturated heterocycles. The summed E-state index contributed by atoms with van der Waals surface area (Å²) < 4.78 is 6.45. The number of ether oxygens (including phenoxy) is 1. The summed E-state index contributed by atoms with van der Waals surface area (Å²) in [4.78, 5) is 17.4. The molecule has 0 spiro atoms. The molecule has 31 heavy (non-hydrogen) atoms. The van der Waals surface area contributed by atoms with E-state index >= 15 is 0 Å². The van der Waals surface area contributed by atoms with Gasteiger partial charge in [-0.15, -0.1) is 0 Å². The number of fused-ring (bicyclic) bond motifs is 2. The van der Waals surface area contributed by atoms with Crippen LogP contribution in [0.5, 0.6) is 11.5 Å². The van der Waals surface area contributed by atoms with Crippen LogP contribution in [0.1, 0.15) is 38.8 Å². The number of rotatable bonds is 6. The second-order valence-electron chi connectivity index (χ2n) is 7.68. The molecule has 0 aromatic heterocycles. The van der Waals surface area contributed by atoms with Gasteiger partial charge < -0.3 is 14.5 Å². The van der Waals surface area contributed by atoms with Crippen LogP contribution in [0.2, 0.25) is 0 Å². The van der Waals surface area contributed by atoms with Gasteiger partial charge in [0.25, 0.3) is 0 Å². The Hall–Kier alpha value is -3.27. The van der Waals surface area contributed by atoms with Crippen molar-refractivity contribution in [3.63, 3.8) is 0 Å². The van der Waals surface area contributed by atoms with Crippen LogP contribution >= 0.6 is 0 Å². The molecule has 0 radical (unpaired) electrons. The summed E-state index contributed by atoms with van der Waals surface area (Å²) >= 11 is 0. The molecule has 0 atom stereocenters. The van der Waals surface area contributed by atoms with E-state index in [9.17, 15) is 4.79 Å². The van der Waals surface area contributed by atoms with Crippen molar-refractivity contribution >= 4 is 22.7 Å². The Morgan fingerprint density at radius 2 is 1.19 bits per heavy atom. The zero-order chi connectivity index (χ0) is 22.0. The first kappa shape index (κ1) is 21.0. The number of ketones is 1. The Balaban J connectivity index is 1.92. The van der Waals surface area contributed by atoms with E-state index in [4.69, 9.17) is 4.74 Å². The Bertz CT molecular complexity index is 1020. The second kappa shape index (κ2) is 8.84. The fourth-order valence-electron chi connectivity index (χ4n) is 4.40. The normalized spacial score (nSPS) is 14.3. The lowest BCUT2D eigenvalue weighted by atomic mass is 9.86. The topological polar surface area (TPSA) is 32.8 Å². The van der Waals surface area contributed by atoms with Crippen molar-refractivity contribution in [2.75, 3.05) is 36.0 Å². The zero-order valence-corrected chi connectivity index (χ0v) is 18.8. The molecule has 2 aliphatic rings. The first-order chi connectivity index (χ1) is 15.1. The van der Waals surface area contributed by atoms with Crippen LogP contribution in [-0.4, -0.2) is 32.0 Å². The Labute approximate surface area is 185 Å². The molecule has 4 heteroatoms. The summed E-state index contributed by atoms with van der Waals surface area (Å²) in [5, 5.41) is 0. The van der Waals surface area contributed by atoms with Crippen LogP contribution in [0.25, 0.3) is 5.57 Å². The number of benzene rings is 2. The molecule has 0 amide bonds. The molecule has 0 saturated carbocycles. The van der Waals surface area contributed by atoms with Gasteiger partial charge in [0.05, 0.1) is 0 Å². The first-order valence-corrected chi connectivity index (χ1v) is 11.2. The lowest BCUT2D eigenvalue weighted by molar-refractivity contribution is -0.111. The van der Waals surface area contributed by atoms with Crippen molar-refractivity contribution in [1.82, 2.24) is 0 Å². The number of nitrogens with zero attached hydrogens (tertiary/aromatic N) is 2. The summed E-state index contributed by atoms with van der Waals surface area (Å²) in [5.74, 6) is 1.62. The monoisotopic (exact) mass is 414 g/mol. The lowest BCUT2D eigenvalue weighted by Crippen LogP contribution is -2.22. The predicted octanol–water partition coefficient (Wildman–Crippen LogP) is 5.98. The van der Waals surface area contributed by atoms with E-state index in [1.165, 1.54) is 0 Å². The number of anilines is 2. The Kier molecular flexibility index (Phi) is 5.99. The number of hydrogen-bond acceptors (Lipinski definition) is 4. The van der Waals surface area contributed by atoms with Crippen LogP contribution in [0.4, 0.5) is 11.4 Å². The van der Waals surface area contributed by atoms with Crippen molar-refractivity contribution in [2.45, 2.75) is 27.7 Å². The number of hydrogen-bond donors (Lipinski definition) is 0. The largest absolute Gasteiger partial charge is 0.456 e. The maximum Gasteiger partial charge on any atom is 0.186 e. The van der Waals surface area contributed by atoms with Gasteiger partial charge in [0.2, 0.25) is 0 Å². The van der Waals surface area contributed by atoms with E-state index in [1.54, 1.807) is 12.2 Å². The molecule has 1 heterocycles. The molecule has 0 fully saturated rings. The van der Waals surface area contributed by atoms with E-state index in [1.807, 2.05) is 12.2 Å².